The summed E-state index contributed by atoms with van der Waals surface area (Å²) in [5, 5.41) is 3.49. The van der Waals surface area contributed by atoms with E-state index >= 15 is 0 Å². The van der Waals surface area contributed by atoms with Crippen LogP contribution in [0.3, 0.4) is 0 Å². The van der Waals surface area contributed by atoms with Gasteiger partial charge in [-0.25, -0.2) is 0 Å². The summed E-state index contributed by atoms with van der Waals surface area (Å²) in [6.07, 6.45) is 8.72. The number of rotatable bonds is 3. The van der Waals surface area contributed by atoms with E-state index in [1.54, 1.807) is 0 Å². The Bertz CT molecular complexity index is 213. The Morgan fingerprint density at radius 3 is 2.47 bits per heavy atom. The highest BCUT2D eigenvalue weighted by Gasteiger charge is 2.47. The van der Waals surface area contributed by atoms with Crippen molar-refractivity contribution in [3.63, 3.8) is 0 Å². The van der Waals surface area contributed by atoms with E-state index < -0.39 is 0 Å². The van der Waals surface area contributed by atoms with Gasteiger partial charge in [-0.05, 0) is 50.6 Å². The van der Waals surface area contributed by atoms with E-state index in [4.69, 9.17) is 4.74 Å². The van der Waals surface area contributed by atoms with Crippen molar-refractivity contribution < 1.29 is 4.74 Å². The van der Waals surface area contributed by atoms with Gasteiger partial charge in [0.2, 0.25) is 0 Å². The molecule has 2 saturated heterocycles. The molecule has 1 atom stereocenters. The summed E-state index contributed by atoms with van der Waals surface area (Å²) in [6, 6.07) is 0. The van der Waals surface area contributed by atoms with Gasteiger partial charge in [0.1, 0.15) is 0 Å². The largest absolute Gasteiger partial charge is 0.380 e. The Morgan fingerprint density at radius 2 is 1.93 bits per heavy atom. The monoisotopic (exact) mass is 209 g/mol. The fourth-order valence-electron chi connectivity index (χ4n) is 3.89. The molecule has 1 N–H and O–H groups in total. The lowest BCUT2D eigenvalue weighted by atomic mass is 9.67. The van der Waals surface area contributed by atoms with Crippen molar-refractivity contribution in [2.75, 3.05) is 26.3 Å². The van der Waals surface area contributed by atoms with Crippen LogP contribution in [-0.4, -0.2) is 26.3 Å². The van der Waals surface area contributed by atoms with Gasteiger partial charge < -0.3 is 10.1 Å². The van der Waals surface area contributed by atoms with Gasteiger partial charge in [0.15, 0.2) is 0 Å². The number of ether oxygens (including phenoxy) is 1. The van der Waals surface area contributed by atoms with E-state index in [0.29, 0.717) is 5.41 Å². The van der Waals surface area contributed by atoms with Crippen LogP contribution in [0.2, 0.25) is 0 Å². The van der Waals surface area contributed by atoms with Gasteiger partial charge in [-0.2, -0.15) is 0 Å². The van der Waals surface area contributed by atoms with Gasteiger partial charge in [-0.1, -0.05) is 12.8 Å². The zero-order valence-electron chi connectivity index (χ0n) is 9.63. The summed E-state index contributed by atoms with van der Waals surface area (Å²) in [5.41, 5.74) is 0.604. The molecule has 3 aliphatic rings. The van der Waals surface area contributed by atoms with Gasteiger partial charge in [-0.15, -0.1) is 0 Å². The zero-order chi connectivity index (χ0) is 10.1. The van der Waals surface area contributed by atoms with E-state index in [1.807, 2.05) is 0 Å². The third-order valence-electron chi connectivity index (χ3n) is 4.86. The summed E-state index contributed by atoms with van der Waals surface area (Å²) in [4.78, 5) is 0. The quantitative estimate of drug-likeness (QED) is 0.769. The average molecular weight is 209 g/mol. The van der Waals surface area contributed by atoms with Crippen LogP contribution in [0.4, 0.5) is 0 Å². The molecule has 15 heavy (non-hydrogen) atoms. The van der Waals surface area contributed by atoms with Crippen LogP contribution in [-0.2, 0) is 4.74 Å². The van der Waals surface area contributed by atoms with Crippen molar-refractivity contribution in [1.29, 1.82) is 0 Å². The standard InChI is InChI=1S/C13H23NO/c1-2-4-12(3-1)13(9-15-10-13)7-11-5-6-14-8-11/h11-12,14H,1-10H2. The van der Waals surface area contributed by atoms with Crippen molar-refractivity contribution in [2.45, 2.75) is 38.5 Å². The molecule has 0 aromatic carbocycles. The second-order valence-electron chi connectivity index (χ2n) is 5.90. The van der Waals surface area contributed by atoms with Gasteiger partial charge >= 0.3 is 0 Å². The minimum absolute atomic E-state index is 0.604. The first kappa shape index (κ1) is 10.1. The van der Waals surface area contributed by atoms with E-state index in [2.05, 4.69) is 5.32 Å². The molecule has 0 spiro atoms. The molecular formula is C13H23NO. The zero-order valence-corrected chi connectivity index (χ0v) is 9.63. The minimum Gasteiger partial charge on any atom is -0.380 e. The van der Waals surface area contributed by atoms with Crippen LogP contribution >= 0.6 is 0 Å². The highest BCUT2D eigenvalue weighted by Crippen LogP contribution is 2.49. The first-order valence-corrected chi connectivity index (χ1v) is 6.68. The van der Waals surface area contributed by atoms with Gasteiger partial charge in [0, 0.05) is 5.41 Å². The van der Waals surface area contributed by atoms with Crippen LogP contribution in [0.1, 0.15) is 38.5 Å². The van der Waals surface area contributed by atoms with E-state index in [9.17, 15) is 0 Å². The maximum absolute atomic E-state index is 5.54. The summed E-state index contributed by atoms with van der Waals surface area (Å²) in [5.74, 6) is 1.93. The predicted molar refractivity (Wildman–Crippen MR) is 60.8 cm³/mol. The minimum atomic E-state index is 0.604. The topological polar surface area (TPSA) is 21.3 Å². The van der Waals surface area contributed by atoms with Crippen LogP contribution < -0.4 is 5.32 Å². The third kappa shape index (κ3) is 1.83. The lowest BCUT2D eigenvalue weighted by Gasteiger charge is -2.47. The summed E-state index contributed by atoms with van der Waals surface area (Å²) >= 11 is 0. The summed E-state index contributed by atoms with van der Waals surface area (Å²) in [6.45, 7) is 4.63. The first-order valence-electron chi connectivity index (χ1n) is 6.68. The van der Waals surface area contributed by atoms with Crippen molar-refractivity contribution in [2.24, 2.45) is 17.3 Å². The molecule has 1 aliphatic carbocycles. The van der Waals surface area contributed by atoms with Crippen molar-refractivity contribution in [3.05, 3.63) is 0 Å². The fraction of sp³-hybridized carbons (Fsp3) is 1.00. The second kappa shape index (κ2) is 4.06. The molecule has 0 radical (unpaired) electrons. The van der Waals surface area contributed by atoms with Gasteiger partial charge in [0.25, 0.3) is 0 Å². The van der Waals surface area contributed by atoms with E-state index in [1.165, 1.54) is 51.6 Å². The highest BCUT2D eigenvalue weighted by atomic mass is 16.5. The van der Waals surface area contributed by atoms with E-state index in [0.717, 1.165) is 25.0 Å². The van der Waals surface area contributed by atoms with Crippen LogP contribution in [0.25, 0.3) is 0 Å². The van der Waals surface area contributed by atoms with Gasteiger partial charge in [-0.3, -0.25) is 0 Å². The average Bonchev–Trinajstić information content (AvgIpc) is 2.84. The van der Waals surface area contributed by atoms with Crippen LogP contribution in [0, 0.1) is 17.3 Å². The Hall–Kier alpha value is -0.0800. The summed E-state index contributed by atoms with van der Waals surface area (Å²) in [7, 11) is 0. The molecule has 1 saturated carbocycles. The SMILES string of the molecule is C1CCC(C2(CC3CCNC3)COC2)C1. The third-order valence-corrected chi connectivity index (χ3v) is 4.86. The molecule has 2 nitrogen and oxygen atoms in total. The molecule has 0 aromatic heterocycles. The van der Waals surface area contributed by atoms with Crippen LogP contribution in [0.15, 0.2) is 0 Å². The maximum atomic E-state index is 5.54. The van der Waals surface area contributed by atoms with Crippen molar-refractivity contribution in [1.82, 2.24) is 5.32 Å². The molecule has 1 unspecified atom stereocenters. The Labute approximate surface area is 92.8 Å². The van der Waals surface area contributed by atoms with E-state index in [-0.39, 0.29) is 0 Å². The predicted octanol–water partition coefficient (Wildman–Crippen LogP) is 2.19. The Kier molecular flexibility index (Phi) is 2.73. The Balaban J connectivity index is 1.63. The lowest BCUT2D eigenvalue weighted by Crippen LogP contribution is -2.49. The van der Waals surface area contributed by atoms with Crippen molar-refractivity contribution >= 4 is 0 Å². The Morgan fingerprint density at radius 1 is 1.13 bits per heavy atom. The number of nitrogens with one attached hydrogen (secondary N) is 1. The molecule has 2 aliphatic heterocycles. The summed E-state index contributed by atoms with van der Waals surface area (Å²) < 4.78 is 5.54. The molecule has 86 valence electrons. The normalized spacial score (nSPS) is 35.6. The number of hydrogen-bond donors (Lipinski definition) is 1. The smallest absolute Gasteiger partial charge is 0.0547 e. The van der Waals surface area contributed by atoms with Gasteiger partial charge in [0.05, 0.1) is 13.2 Å². The number of hydrogen-bond acceptors (Lipinski definition) is 2. The molecule has 2 heteroatoms. The molecule has 0 aromatic rings. The molecular weight excluding hydrogens is 186 g/mol. The molecule has 0 amide bonds. The first-order chi connectivity index (χ1) is 7.39. The second-order valence-corrected chi connectivity index (χ2v) is 5.90. The van der Waals surface area contributed by atoms with Crippen molar-refractivity contribution in [3.8, 4) is 0 Å². The fourth-order valence-corrected chi connectivity index (χ4v) is 3.89. The molecule has 2 heterocycles. The molecule has 3 fully saturated rings. The highest BCUT2D eigenvalue weighted by molar-refractivity contribution is 4.96. The maximum Gasteiger partial charge on any atom is 0.0547 e. The molecule has 3 rings (SSSR count). The lowest BCUT2D eigenvalue weighted by molar-refractivity contribution is -0.155. The molecule has 0 bridgehead atoms. The van der Waals surface area contributed by atoms with Crippen LogP contribution in [0.5, 0.6) is 0 Å².